The first kappa shape index (κ1) is 17.1. The van der Waals surface area contributed by atoms with Gasteiger partial charge in [-0.05, 0) is 54.3 Å². The molecule has 3 nitrogen and oxygen atoms in total. The van der Waals surface area contributed by atoms with Crippen molar-refractivity contribution in [1.82, 2.24) is 0 Å². The first-order valence-corrected chi connectivity index (χ1v) is 7.87. The molecule has 0 heterocycles. The fourth-order valence-corrected chi connectivity index (χ4v) is 3.08. The first-order valence-electron chi connectivity index (χ1n) is 7.87. The smallest absolute Gasteiger partial charge is 0.378 e. The Morgan fingerprint density at radius 3 is 2.68 bits per heavy atom. The third kappa shape index (κ3) is 3.68. The Labute approximate surface area is 143 Å². The molecular weight excluding hydrogens is 329 g/mol. The number of hydrogen-bond donors (Lipinski definition) is 2. The van der Waals surface area contributed by atoms with Gasteiger partial charge in [-0.3, -0.25) is 4.79 Å². The Hall–Kier alpha value is -2.76. The second kappa shape index (κ2) is 6.63. The van der Waals surface area contributed by atoms with Crippen molar-refractivity contribution in [1.29, 1.82) is 0 Å². The highest BCUT2D eigenvalue weighted by atomic mass is 19.4. The highest BCUT2D eigenvalue weighted by Gasteiger charge is 2.34. The minimum absolute atomic E-state index is 0.0805. The van der Waals surface area contributed by atoms with Crippen LogP contribution in [0.1, 0.15) is 29.2 Å². The molecular formula is C19H17F3N2O. The van der Waals surface area contributed by atoms with Gasteiger partial charge in [-0.25, -0.2) is 0 Å². The van der Waals surface area contributed by atoms with E-state index in [4.69, 9.17) is 0 Å². The van der Waals surface area contributed by atoms with Crippen molar-refractivity contribution in [3.05, 3.63) is 71.8 Å². The van der Waals surface area contributed by atoms with E-state index in [2.05, 4.69) is 17.2 Å². The van der Waals surface area contributed by atoms with Crippen LogP contribution in [0.25, 0.3) is 0 Å². The van der Waals surface area contributed by atoms with Gasteiger partial charge >= 0.3 is 6.18 Å². The third-order valence-electron chi connectivity index (χ3n) is 4.24. The van der Waals surface area contributed by atoms with E-state index in [0.717, 1.165) is 23.6 Å². The molecule has 1 aliphatic carbocycles. The number of alkyl halides is 3. The summed E-state index contributed by atoms with van der Waals surface area (Å²) in [6.45, 7) is 3.40. The average molecular weight is 346 g/mol. The first-order chi connectivity index (χ1) is 11.9. The minimum Gasteiger partial charge on any atom is -0.378 e. The second-order valence-corrected chi connectivity index (χ2v) is 5.89. The fraction of sp³-hybridized carbons (Fsp3) is 0.211. The van der Waals surface area contributed by atoms with Gasteiger partial charge in [0, 0.05) is 11.4 Å². The number of benzene rings is 2. The maximum absolute atomic E-state index is 13.1. The summed E-state index contributed by atoms with van der Waals surface area (Å²) in [5.41, 5.74) is 2.03. The lowest BCUT2D eigenvalue weighted by atomic mass is 10.1. The molecule has 1 unspecified atom stereocenters. The molecule has 25 heavy (non-hydrogen) atoms. The van der Waals surface area contributed by atoms with Crippen LogP contribution < -0.4 is 10.6 Å². The van der Waals surface area contributed by atoms with Crippen LogP contribution in [-0.4, -0.2) is 5.91 Å². The summed E-state index contributed by atoms with van der Waals surface area (Å²) in [5, 5.41) is 5.71. The number of hydrogen-bond acceptors (Lipinski definition) is 2. The van der Waals surface area contributed by atoms with Crippen LogP contribution in [0, 0.1) is 0 Å². The number of carbonyl (C=O) groups is 1. The molecule has 6 heteroatoms. The molecule has 0 saturated carbocycles. The number of rotatable bonds is 4. The molecule has 0 bridgehead atoms. The van der Waals surface area contributed by atoms with Gasteiger partial charge < -0.3 is 10.6 Å². The third-order valence-corrected chi connectivity index (χ3v) is 4.24. The van der Waals surface area contributed by atoms with E-state index in [9.17, 15) is 18.0 Å². The van der Waals surface area contributed by atoms with E-state index in [1.54, 1.807) is 12.1 Å². The van der Waals surface area contributed by atoms with Crippen LogP contribution >= 0.6 is 0 Å². The van der Waals surface area contributed by atoms with Gasteiger partial charge in [-0.2, -0.15) is 13.2 Å². The van der Waals surface area contributed by atoms with Gasteiger partial charge in [0.1, 0.15) is 0 Å². The van der Waals surface area contributed by atoms with Crippen molar-refractivity contribution in [3.63, 3.8) is 0 Å². The largest absolute Gasteiger partial charge is 0.418 e. The van der Waals surface area contributed by atoms with E-state index >= 15 is 0 Å². The van der Waals surface area contributed by atoms with E-state index in [1.807, 2.05) is 12.1 Å². The highest BCUT2D eigenvalue weighted by Crippen LogP contribution is 2.39. The predicted octanol–water partition coefficient (Wildman–Crippen LogP) is 4.93. The van der Waals surface area contributed by atoms with Crippen LogP contribution in [-0.2, 0) is 17.4 Å². The summed E-state index contributed by atoms with van der Waals surface area (Å²) < 4.78 is 39.4. The average Bonchev–Trinajstić information content (AvgIpc) is 2.96. The highest BCUT2D eigenvalue weighted by molar-refractivity contribution is 5.98. The van der Waals surface area contributed by atoms with Gasteiger partial charge in [-0.1, -0.05) is 24.8 Å². The van der Waals surface area contributed by atoms with Crippen LogP contribution in [0.15, 0.2) is 55.1 Å². The number of carbonyl (C=O) groups excluding carboxylic acids is 1. The molecule has 0 aliphatic heterocycles. The quantitative estimate of drug-likeness (QED) is 0.771. The predicted molar refractivity (Wildman–Crippen MR) is 91.4 cm³/mol. The number of aryl methyl sites for hydroxylation is 1. The molecule has 130 valence electrons. The molecule has 0 fully saturated rings. The standard InChI is InChI=1S/C19H17F3N2O/c1-2-18(25)23-13-8-9-14-12(11-13)7-10-16(14)24-17-6-4-3-5-15(17)19(20,21)22/h2-6,8-9,11,16,24H,1,7,10H2,(H,23,25). The van der Waals surface area contributed by atoms with E-state index < -0.39 is 11.7 Å². The van der Waals surface area contributed by atoms with Crippen LogP contribution in [0.2, 0.25) is 0 Å². The molecule has 1 aliphatic rings. The Balaban J connectivity index is 1.83. The maximum Gasteiger partial charge on any atom is 0.418 e. The summed E-state index contributed by atoms with van der Waals surface area (Å²) in [5.74, 6) is -0.299. The Morgan fingerprint density at radius 2 is 1.96 bits per heavy atom. The van der Waals surface area contributed by atoms with Gasteiger partial charge in [0.2, 0.25) is 5.91 Å². The Kier molecular flexibility index (Phi) is 4.53. The second-order valence-electron chi connectivity index (χ2n) is 5.89. The molecule has 1 amide bonds. The molecule has 0 radical (unpaired) electrons. The molecule has 3 rings (SSSR count). The van der Waals surface area contributed by atoms with E-state index in [0.29, 0.717) is 12.1 Å². The van der Waals surface area contributed by atoms with Crippen LogP contribution in [0.4, 0.5) is 24.5 Å². The summed E-state index contributed by atoms with van der Waals surface area (Å²) in [7, 11) is 0. The van der Waals surface area contributed by atoms with Crippen molar-refractivity contribution in [2.45, 2.75) is 25.1 Å². The van der Waals surface area contributed by atoms with E-state index in [1.165, 1.54) is 18.2 Å². The number of halogens is 3. The number of nitrogens with one attached hydrogen (secondary N) is 2. The monoisotopic (exact) mass is 346 g/mol. The van der Waals surface area contributed by atoms with Crippen molar-refractivity contribution < 1.29 is 18.0 Å². The van der Waals surface area contributed by atoms with Crippen molar-refractivity contribution in [2.75, 3.05) is 10.6 Å². The van der Waals surface area contributed by atoms with Crippen molar-refractivity contribution >= 4 is 17.3 Å². The molecule has 0 saturated heterocycles. The maximum atomic E-state index is 13.1. The molecule has 1 atom stereocenters. The summed E-state index contributed by atoms with van der Waals surface area (Å²) >= 11 is 0. The lowest BCUT2D eigenvalue weighted by Gasteiger charge is -2.20. The molecule has 2 N–H and O–H groups in total. The summed E-state index contributed by atoms with van der Waals surface area (Å²) in [4.78, 5) is 11.4. The zero-order chi connectivity index (χ0) is 18.0. The minimum atomic E-state index is -4.40. The zero-order valence-corrected chi connectivity index (χ0v) is 13.4. The van der Waals surface area contributed by atoms with E-state index in [-0.39, 0.29) is 17.6 Å². The SMILES string of the molecule is C=CC(=O)Nc1ccc2c(c1)CCC2Nc1ccccc1C(F)(F)F. The molecule has 0 aromatic heterocycles. The lowest BCUT2D eigenvalue weighted by molar-refractivity contribution is -0.137. The molecule has 2 aromatic rings. The lowest BCUT2D eigenvalue weighted by Crippen LogP contribution is -2.14. The van der Waals surface area contributed by atoms with Crippen LogP contribution in [0.3, 0.4) is 0 Å². The van der Waals surface area contributed by atoms with Crippen LogP contribution in [0.5, 0.6) is 0 Å². The topological polar surface area (TPSA) is 41.1 Å². The van der Waals surface area contributed by atoms with Gasteiger partial charge in [0.15, 0.2) is 0 Å². The number of amides is 1. The zero-order valence-electron chi connectivity index (χ0n) is 13.4. The van der Waals surface area contributed by atoms with Gasteiger partial charge in [-0.15, -0.1) is 0 Å². The number of para-hydroxylation sites is 1. The summed E-state index contributed by atoms with van der Waals surface area (Å²) in [6.07, 6.45) is -1.78. The van der Waals surface area contributed by atoms with Gasteiger partial charge in [0.05, 0.1) is 11.6 Å². The fourth-order valence-electron chi connectivity index (χ4n) is 3.08. The normalized spacial score (nSPS) is 16.2. The Bertz CT molecular complexity index is 815. The van der Waals surface area contributed by atoms with Crippen molar-refractivity contribution in [3.8, 4) is 0 Å². The Morgan fingerprint density at radius 1 is 1.20 bits per heavy atom. The van der Waals surface area contributed by atoms with Gasteiger partial charge in [0.25, 0.3) is 0 Å². The number of anilines is 2. The number of fused-ring (bicyclic) bond motifs is 1. The summed E-state index contributed by atoms with van der Waals surface area (Å²) in [6, 6.07) is 10.7. The molecule has 2 aromatic carbocycles. The van der Waals surface area contributed by atoms with Crippen molar-refractivity contribution in [2.24, 2.45) is 0 Å². The molecule has 0 spiro atoms.